The van der Waals surface area contributed by atoms with E-state index in [-0.39, 0.29) is 25.0 Å². The number of hydrogen-bond donors (Lipinski definition) is 3. The van der Waals surface area contributed by atoms with Crippen LogP contribution >= 0.6 is 0 Å². The number of hydroxylamine groups is 1. The van der Waals surface area contributed by atoms with Gasteiger partial charge in [-0.15, -0.1) is 0 Å². The average molecular weight is 674 g/mol. The first kappa shape index (κ1) is 33.8. The number of aromatic nitrogens is 1. The Bertz CT molecular complexity index is 1670. The second kappa shape index (κ2) is 14.2. The van der Waals surface area contributed by atoms with Gasteiger partial charge in [-0.05, 0) is 70.7 Å². The Morgan fingerprint density at radius 2 is 1.82 bits per heavy atom. The van der Waals surface area contributed by atoms with Crippen LogP contribution in [0.15, 0.2) is 71.2 Å². The minimum atomic E-state index is -1.27. The zero-order chi connectivity index (χ0) is 34.6. The van der Waals surface area contributed by atoms with Gasteiger partial charge in [0.1, 0.15) is 34.8 Å². The predicted molar refractivity (Wildman–Crippen MR) is 178 cm³/mol. The van der Waals surface area contributed by atoms with Gasteiger partial charge in [-0.2, -0.15) is 10.5 Å². The highest BCUT2D eigenvalue weighted by Gasteiger charge is 2.61. The van der Waals surface area contributed by atoms with Gasteiger partial charge >= 0.3 is 12.2 Å². The number of nitrogens with one attached hydrogen (secondary N) is 3. The molecule has 1 saturated heterocycles. The van der Waals surface area contributed by atoms with Crippen LogP contribution in [0.4, 0.5) is 4.79 Å². The lowest BCUT2D eigenvalue weighted by atomic mass is 10.0. The van der Waals surface area contributed by atoms with E-state index in [9.17, 15) is 19.2 Å². The molecular weight excluding hydrogens is 630 g/mol. The summed E-state index contributed by atoms with van der Waals surface area (Å²) in [6.07, 6.45) is 6.56. The number of amides is 4. The molecule has 0 unspecified atom stereocenters. The van der Waals surface area contributed by atoms with Crippen molar-refractivity contribution in [2.45, 2.75) is 95.0 Å². The van der Waals surface area contributed by atoms with Gasteiger partial charge in [0.15, 0.2) is 11.3 Å². The van der Waals surface area contributed by atoms with Gasteiger partial charge in [0.05, 0.1) is 6.54 Å². The number of alkyl carbamates (subject to hydrolysis) is 1. The lowest BCUT2D eigenvalue weighted by molar-refractivity contribution is -0.142. The van der Waals surface area contributed by atoms with E-state index in [2.05, 4.69) is 21.1 Å². The first-order valence-corrected chi connectivity index (χ1v) is 16.8. The summed E-state index contributed by atoms with van der Waals surface area (Å²) in [5.74, 6) is -1.28. The van der Waals surface area contributed by atoms with Crippen molar-refractivity contribution in [3.05, 3.63) is 66.7 Å². The summed E-state index contributed by atoms with van der Waals surface area (Å²) in [5, 5.41) is 5.73. The van der Waals surface area contributed by atoms with Crippen molar-refractivity contribution in [1.82, 2.24) is 26.0 Å². The van der Waals surface area contributed by atoms with E-state index < -0.39 is 53.1 Å². The number of hydrogen-bond acceptors (Lipinski definition) is 9. The maximum absolute atomic E-state index is 14.3. The van der Waals surface area contributed by atoms with Crippen LogP contribution in [-0.2, 0) is 19.1 Å². The maximum Gasteiger partial charge on any atom is 0.408 e. The molecule has 1 saturated carbocycles. The second-order valence-electron chi connectivity index (χ2n) is 13.8. The normalized spacial score (nSPS) is 26.6. The molecule has 2 aliphatic heterocycles. The molecule has 4 amide bonds. The fraction of sp³-hybridized carbons (Fsp3) is 0.472. The Morgan fingerprint density at radius 1 is 1.04 bits per heavy atom. The molecule has 2 aromatic carbocycles. The first-order chi connectivity index (χ1) is 23.5. The average Bonchev–Trinajstić information content (AvgIpc) is 3.36. The molecule has 13 heteroatoms. The molecule has 6 rings (SSSR count). The van der Waals surface area contributed by atoms with Crippen molar-refractivity contribution in [2.24, 2.45) is 5.92 Å². The van der Waals surface area contributed by atoms with Crippen molar-refractivity contribution in [3.8, 4) is 11.8 Å². The van der Waals surface area contributed by atoms with Gasteiger partial charge in [-0.1, -0.05) is 55.3 Å². The van der Waals surface area contributed by atoms with Crippen molar-refractivity contribution >= 4 is 34.9 Å². The third-order valence-corrected chi connectivity index (χ3v) is 8.88. The van der Waals surface area contributed by atoms with Crippen LogP contribution in [0.2, 0.25) is 0 Å². The molecule has 3 N–H and O–H groups in total. The fourth-order valence-corrected chi connectivity index (χ4v) is 6.34. The van der Waals surface area contributed by atoms with Crippen LogP contribution < -0.4 is 25.7 Å². The SMILES string of the molecule is CC(C)(C)OC(=O)N[C@H]1CCCCC/C=C\[C@@H]2C[C@@]2(C(=O)NOc2ccccc2)NC(=O)[C@@H]2C[C@@H](Oc3nc4ccccc4o3)CN2C1=O. The molecule has 5 atom stereocenters. The number of benzene rings is 2. The molecule has 0 spiro atoms. The molecular formula is C36H43N5O8. The molecule has 260 valence electrons. The predicted octanol–water partition coefficient (Wildman–Crippen LogP) is 4.57. The van der Waals surface area contributed by atoms with E-state index in [0.29, 0.717) is 36.1 Å². The Morgan fingerprint density at radius 3 is 2.59 bits per heavy atom. The van der Waals surface area contributed by atoms with Gasteiger partial charge in [-0.3, -0.25) is 14.4 Å². The Labute approximate surface area is 284 Å². The van der Waals surface area contributed by atoms with Crippen LogP contribution in [0.5, 0.6) is 11.8 Å². The monoisotopic (exact) mass is 673 g/mol. The van der Waals surface area contributed by atoms with E-state index in [0.717, 1.165) is 19.3 Å². The van der Waals surface area contributed by atoms with Gasteiger partial charge in [0.25, 0.3) is 5.91 Å². The number of carbonyl (C=O) groups is 4. The third kappa shape index (κ3) is 8.15. The number of allylic oxidation sites excluding steroid dienone is 1. The lowest BCUT2D eigenvalue weighted by Crippen LogP contribution is -2.58. The summed E-state index contributed by atoms with van der Waals surface area (Å²) >= 11 is 0. The van der Waals surface area contributed by atoms with E-state index in [1.807, 2.05) is 30.4 Å². The molecule has 13 nitrogen and oxygen atoms in total. The van der Waals surface area contributed by atoms with Crippen molar-refractivity contribution in [3.63, 3.8) is 0 Å². The number of fused-ring (bicyclic) bond motifs is 3. The summed E-state index contributed by atoms with van der Waals surface area (Å²) in [7, 11) is 0. The van der Waals surface area contributed by atoms with Crippen LogP contribution in [0.25, 0.3) is 11.1 Å². The summed E-state index contributed by atoms with van der Waals surface area (Å²) < 4.78 is 17.4. The molecule has 1 aliphatic carbocycles. The number of oxazole rings is 1. The first-order valence-electron chi connectivity index (χ1n) is 16.8. The standard InChI is InChI=1S/C36H43N5O8/c1-35(2,3)48-33(45)37-27-18-11-6-4-5-8-14-23-21-36(23,32(44)40-49-24-15-9-7-10-16-24)39-30(42)28-20-25(22-41(28)31(27)43)46-34-38-26-17-12-13-19-29(26)47-34/h7-10,12-17,19,23,25,27-28H,4-6,11,18,20-22H2,1-3H3,(H,37,45)(H,39,42)(H,40,44)/b14-8-/t23-,25-,27+,28+,36-/m1/s1. The summed E-state index contributed by atoms with van der Waals surface area (Å²) in [6, 6.07) is 14.1. The third-order valence-electron chi connectivity index (χ3n) is 8.88. The Balaban J connectivity index is 1.26. The Hall–Kier alpha value is -5.07. The molecule has 0 radical (unpaired) electrons. The zero-order valence-corrected chi connectivity index (χ0v) is 28.0. The van der Waals surface area contributed by atoms with Crippen LogP contribution in [0, 0.1) is 5.92 Å². The summed E-state index contributed by atoms with van der Waals surface area (Å²) in [4.78, 5) is 66.4. The molecule has 1 aromatic heterocycles. The van der Waals surface area contributed by atoms with Gasteiger partial charge < -0.3 is 34.3 Å². The number of para-hydroxylation sites is 3. The lowest BCUT2D eigenvalue weighted by Gasteiger charge is -2.30. The number of carbonyl (C=O) groups excluding carboxylic acids is 4. The van der Waals surface area contributed by atoms with Crippen molar-refractivity contribution in [1.29, 1.82) is 0 Å². The van der Waals surface area contributed by atoms with Crippen LogP contribution in [0.3, 0.4) is 0 Å². The van der Waals surface area contributed by atoms with E-state index >= 15 is 0 Å². The fourth-order valence-electron chi connectivity index (χ4n) is 6.34. The maximum atomic E-state index is 14.3. The quantitative estimate of drug-likeness (QED) is 0.251. The van der Waals surface area contributed by atoms with Gasteiger partial charge in [-0.25, -0.2) is 4.79 Å². The smallest absolute Gasteiger partial charge is 0.408 e. The molecule has 49 heavy (non-hydrogen) atoms. The topological polar surface area (TPSA) is 161 Å². The number of nitrogens with zero attached hydrogens (tertiary/aromatic N) is 2. The molecule has 3 aliphatic rings. The van der Waals surface area contributed by atoms with Crippen molar-refractivity contribution in [2.75, 3.05) is 6.54 Å². The minimum Gasteiger partial charge on any atom is -0.445 e. The summed E-state index contributed by atoms with van der Waals surface area (Å²) in [5.41, 5.74) is 1.62. The van der Waals surface area contributed by atoms with Crippen LogP contribution in [0.1, 0.15) is 65.7 Å². The highest BCUT2D eigenvalue weighted by Crippen LogP contribution is 2.45. The van der Waals surface area contributed by atoms with E-state index in [1.54, 1.807) is 57.2 Å². The second-order valence-corrected chi connectivity index (χ2v) is 13.8. The van der Waals surface area contributed by atoms with Gasteiger partial charge in [0.2, 0.25) is 11.8 Å². The summed E-state index contributed by atoms with van der Waals surface area (Å²) in [6.45, 7) is 5.27. The van der Waals surface area contributed by atoms with E-state index in [1.165, 1.54) is 4.90 Å². The van der Waals surface area contributed by atoms with Crippen molar-refractivity contribution < 1.29 is 37.9 Å². The zero-order valence-electron chi connectivity index (χ0n) is 28.0. The molecule has 0 bridgehead atoms. The van der Waals surface area contributed by atoms with E-state index in [4.69, 9.17) is 18.7 Å². The number of rotatable bonds is 6. The van der Waals surface area contributed by atoms with Crippen LogP contribution in [-0.4, -0.2) is 69.6 Å². The number of ether oxygens (including phenoxy) is 2. The Kier molecular flexibility index (Phi) is 9.79. The highest BCUT2D eigenvalue weighted by molar-refractivity contribution is 5.98. The van der Waals surface area contributed by atoms with Gasteiger partial charge in [0, 0.05) is 12.3 Å². The largest absolute Gasteiger partial charge is 0.445 e. The highest BCUT2D eigenvalue weighted by atomic mass is 16.7. The molecule has 3 aromatic rings. The molecule has 2 fully saturated rings. The minimum absolute atomic E-state index is 0.0199. The molecule has 3 heterocycles.